The Hall–Kier alpha value is -0.500. The van der Waals surface area contributed by atoms with Crippen molar-refractivity contribution in [3.63, 3.8) is 0 Å². The van der Waals surface area contributed by atoms with Crippen molar-refractivity contribution in [1.82, 2.24) is 0 Å². The first kappa shape index (κ1) is 10.6. The van der Waals surface area contributed by atoms with Crippen molar-refractivity contribution < 1.29 is 9.47 Å². The van der Waals surface area contributed by atoms with Gasteiger partial charge in [-0.1, -0.05) is 13.5 Å². The second-order valence-electron chi connectivity index (χ2n) is 3.80. The summed E-state index contributed by atoms with van der Waals surface area (Å²) in [5, 5.41) is 0. The Bertz CT molecular complexity index is 148. The first-order valence-corrected chi connectivity index (χ1v) is 5.13. The van der Waals surface area contributed by atoms with E-state index in [1.165, 1.54) is 25.5 Å². The molecule has 1 saturated heterocycles. The standard InChI is InChI=1S/C11H20O2/c1-3-11(7-9-13-10-11)6-5-8-12-4-2/h4H,2-3,5-10H2,1H3. The fraction of sp³-hybridized carbons (Fsp3) is 0.818. The molecule has 1 atom stereocenters. The number of ether oxygens (including phenoxy) is 2. The third kappa shape index (κ3) is 3.03. The molecule has 1 heterocycles. The van der Waals surface area contributed by atoms with Crippen LogP contribution in [0.25, 0.3) is 0 Å². The van der Waals surface area contributed by atoms with Crippen molar-refractivity contribution in [3.05, 3.63) is 12.8 Å². The Morgan fingerprint density at radius 1 is 1.62 bits per heavy atom. The van der Waals surface area contributed by atoms with E-state index in [9.17, 15) is 0 Å². The molecule has 0 aromatic rings. The van der Waals surface area contributed by atoms with Gasteiger partial charge in [0.1, 0.15) is 0 Å². The number of rotatable bonds is 6. The SMILES string of the molecule is C=COCCCC1(CC)CCOC1. The summed E-state index contributed by atoms with van der Waals surface area (Å²) in [6.07, 6.45) is 6.29. The van der Waals surface area contributed by atoms with E-state index in [4.69, 9.17) is 9.47 Å². The van der Waals surface area contributed by atoms with Crippen molar-refractivity contribution in [2.45, 2.75) is 32.6 Å². The summed E-state index contributed by atoms with van der Waals surface area (Å²) in [7, 11) is 0. The predicted octanol–water partition coefficient (Wildman–Crippen LogP) is 2.74. The van der Waals surface area contributed by atoms with Crippen molar-refractivity contribution in [2.75, 3.05) is 19.8 Å². The van der Waals surface area contributed by atoms with E-state index >= 15 is 0 Å². The zero-order chi connectivity index (χ0) is 9.57. The highest BCUT2D eigenvalue weighted by Crippen LogP contribution is 2.36. The zero-order valence-electron chi connectivity index (χ0n) is 8.55. The van der Waals surface area contributed by atoms with E-state index in [1.54, 1.807) is 0 Å². The summed E-state index contributed by atoms with van der Waals surface area (Å²) in [5.74, 6) is 0. The monoisotopic (exact) mass is 184 g/mol. The van der Waals surface area contributed by atoms with Gasteiger partial charge in [0.05, 0.1) is 19.5 Å². The minimum absolute atomic E-state index is 0.449. The van der Waals surface area contributed by atoms with Crippen LogP contribution in [0.4, 0.5) is 0 Å². The number of hydrogen-bond donors (Lipinski definition) is 0. The molecule has 13 heavy (non-hydrogen) atoms. The van der Waals surface area contributed by atoms with Crippen LogP contribution in [0.2, 0.25) is 0 Å². The van der Waals surface area contributed by atoms with Crippen molar-refractivity contribution in [2.24, 2.45) is 5.41 Å². The van der Waals surface area contributed by atoms with E-state index in [2.05, 4.69) is 13.5 Å². The van der Waals surface area contributed by atoms with Gasteiger partial charge in [-0.15, -0.1) is 0 Å². The van der Waals surface area contributed by atoms with Gasteiger partial charge in [-0.25, -0.2) is 0 Å². The van der Waals surface area contributed by atoms with E-state index in [1.807, 2.05) is 0 Å². The summed E-state index contributed by atoms with van der Waals surface area (Å²) in [5.41, 5.74) is 0.449. The molecule has 1 unspecified atom stereocenters. The molecule has 0 saturated carbocycles. The fourth-order valence-corrected chi connectivity index (χ4v) is 1.92. The summed E-state index contributed by atoms with van der Waals surface area (Å²) < 4.78 is 10.6. The van der Waals surface area contributed by atoms with Gasteiger partial charge in [0.25, 0.3) is 0 Å². The maximum atomic E-state index is 5.45. The van der Waals surface area contributed by atoms with E-state index in [-0.39, 0.29) is 0 Å². The molecule has 76 valence electrons. The molecule has 1 fully saturated rings. The van der Waals surface area contributed by atoms with Crippen LogP contribution in [0.15, 0.2) is 12.8 Å². The molecule has 0 amide bonds. The Morgan fingerprint density at radius 2 is 2.46 bits per heavy atom. The van der Waals surface area contributed by atoms with Gasteiger partial charge in [-0.2, -0.15) is 0 Å². The van der Waals surface area contributed by atoms with Crippen molar-refractivity contribution in [1.29, 1.82) is 0 Å². The third-order valence-corrected chi connectivity index (χ3v) is 3.02. The average Bonchev–Trinajstić information content (AvgIpc) is 2.62. The summed E-state index contributed by atoms with van der Waals surface area (Å²) in [4.78, 5) is 0. The molecule has 2 heteroatoms. The second-order valence-corrected chi connectivity index (χ2v) is 3.80. The molecule has 0 aliphatic carbocycles. The molecule has 0 N–H and O–H groups in total. The van der Waals surface area contributed by atoms with E-state index in [0.717, 1.165) is 26.2 Å². The van der Waals surface area contributed by atoms with Crippen LogP contribution in [-0.4, -0.2) is 19.8 Å². The van der Waals surface area contributed by atoms with Crippen molar-refractivity contribution >= 4 is 0 Å². The lowest BCUT2D eigenvalue weighted by atomic mass is 9.80. The lowest BCUT2D eigenvalue weighted by Gasteiger charge is -2.25. The molecule has 0 spiro atoms. The Morgan fingerprint density at radius 3 is 3.00 bits per heavy atom. The minimum Gasteiger partial charge on any atom is -0.502 e. The molecular weight excluding hydrogens is 164 g/mol. The van der Waals surface area contributed by atoms with Crippen LogP contribution in [0.1, 0.15) is 32.6 Å². The van der Waals surface area contributed by atoms with Gasteiger partial charge in [0.15, 0.2) is 0 Å². The maximum absolute atomic E-state index is 5.45. The molecule has 1 aliphatic heterocycles. The van der Waals surface area contributed by atoms with Gasteiger partial charge in [0, 0.05) is 6.61 Å². The van der Waals surface area contributed by atoms with Crippen molar-refractivity contribution in [3.8, 4) is 0 Å². The highest BCUT2D eigenvalue weighted by atomic mass is 16.5. The maximum Gasteiger partial charge on any atom is 0.0873 e. The van der Waals surface area contributed by atoms with Gasteiger partial charge >= 0.3 is 0 Å². The lowest BCUT2D eigenvalue weighted by molar-refractivity contribution is 0.132. The largest absolute Gasteiger partial charge is 0.502 e. The highest BCUT2D eigenvalue weighted by molar-refractivity contribution is 4.81. The molecular formula is C11H20O2. The fourth-order valence-electron chi connectivity index (χ4n) is 1.92. The third-order valence-electron chi connectivity index (χ3n) is 3.02. The number of hydrogen-bond acceptors (Lipinski definition) is 2. The normalized spacial score (nSPS) is 27.5. The summed E-state index contributed by atoms with van der Waals surface area (Å²) >= 11 is 0. The van der Waals surface area contributed by atoms with E-state index in [0.29, 0.717) is 5.41 Å². The van der Waals surface area contributed by atoms with Crippen LogP contribution in [0.5, 0.6) is 0 Å². The topological polar surface area (TPSA) is 18.5 Å². The molecule has 0 radical (unpaired) electrons. The Kier molecular flexibility index (Phi) is 4.29. The van der Waals surface area contributed by atoms with Gasteiger partial charge in [0.2, 0.25) is 0 Å². The minimum atomic E-state index is 0.449. The highest BCUT2D eigenvalue weighted by Gasteiger charge is 2.32. The second kappa shape index (κ2) is 5.28. The van der Waals surface area contributed by atoms with Crippen LogP contribution in [-0.2, 0) is 9.47 Å². The van der Waals surface area contributed by atoms with Crippen LogP contribution in [0, 0.1) is 5.41 Å². The molecule has 0 aromatic heterocycles. The van der Waals surface area contributed by atoms with Gasteiger partial charge in [-0.05, 0) is 31.1 Å². The van der Waals surface area contributed by atoms with Gasteiger partial charge < -0.3 is 9.47 Å². The predicted molar refractivity (Wildman–Crippen MR) is 53.5 cm³/mol. The molecule has 1 rings (SSSR count). The zero-order valence-corrected chi connectivity index (χ0v) is 8.55. The lowest BCUT2D eigenvalue weighted by Crippen LogP contribution is -2.20. The first-order valence-electron chi connectivity index (χ1n) is 5.13. The summed E-state index contributed by atoms with van der Waals surface area (Å²) in [6.45, 7) is 8.45. The molecule has 0 bridgehead atoms. The molecule has 0 aromatic carbocycles. The van der Waals surface area contributed by atoms with Gasteiger partial charge in [-0.3, -0.25) is 0 Å². The molecule has 1 aliphatic rings. The Labute approximate surface area is 80.9 Å². The quantitative estimate of drug-likeness (QED) is 0.467. The van der Waals surface area contributed by atoms with Crippen LogP contribution < -0.4 is 0 Å². The summed E-state index contributed by atoms with van der Waals surface area (Å²) in [6, 6.07) is 0. The average molecular weight is 184 g/mol. The van der Waals surface area contributed by atoms with Crippen LogP contribution in [0.3, 0.4) is 0 Å². The van der Waals surface area contributed by atoms with E-state index < -0.39 is 0 Å². The van der Waals surface area contributed by atoms with Crippen LogP contribution >= 0.6 is 0 Å². The smallest absolute Gasteiger partial charge is 0.0873 e. The first-order chi connectivity index (χ1) is 6.33. The molecule has 2 nitrogen and oxygen atoms in total. The Balaban J connectivity index is 2.19.